The van der Waals surface area contributed by atoms with E-state index in [1.54, 1.807) is 6.07 Å². The molecule has 19 heavy (non-hydrogen) atoms. The Morgan fingerprint density at radius 2 is 2.26 bits per heavy atom. The van der Waals surface area contributed by atoms with Gasteiger partial charge in [-0.05, 0) is 24.1 Å². The molecule has 1 fully saturated rings. The minimum atomic E-state index is -0.767. The van der Waals surface area contributed by atoms with Gasteiger partial charge in [-0.1, -0.05) is 6.07 Å². The third-order valence-corrected chi connectivity index (χ3v) is 3.52. The maximum Gasteiger partial charge on any atom is 0.307 e. The largest absolute Gasteiger partial charge is 0.482 e. The summed E-state index contributed by atoms with van der Waals surface area (Å²) >= 11 is 0. The van der Waals surface area contributed by atoms with Gasteiger partial charge >= 0.3 is 5.97 Å². The van der Waals surface area contributed by atoms with E-state index in [0.29, 0.717) is 24.4 Å². The first-order valence-electron chi connectivity index (χ1n) is 6.16. The number of anilines is 1. The molecule has 0 radical (unpaired) electrons. The molecular formula is C13H14N2O4. The molecule has 2 aliphatic heterocycles. The molecule has 0 aliphatic carbocycles. The Morgan fingerprint density at radius 3 is 3.00 bits per heavy atom. The molecule has 1 aromatic rings. The van der Waals surface area contributed by atoms with Gasteiger partial charge in [0.15, 0.2) is 6.61 Å². The Bertz CT molecular complexity index is 543. The van der Waals surface area contributed by atoms with Crippen LogP contribution in [0, 0.1) is 5.92 Å². The van der Waals surface area contributed by atoms with Crippen LogP contribution < -0.4 is 15.4 Å². The van der Waals surface area contributed by atoms with Crippen molar-refractivity contribution in [1.29, 1.82) is 0 Å². The molecule has 2 atom stereocenters. The second-order valence-corrected chi connectivity index (χ2v) is 4.82. The number of ether oxygens (including phenoxy) is 1. The number of nitrogens with one attached hydrogen (secondary N) is 2. The van der Waals surface area contributed by atoms with Crippen LogP contribution in [0.2, 0.25) is 0 Å². The molecule has 1 saturated heterocycles. The fourth-order valence-electron chi connectivity index (χ4n) is 2.49. The summed E-state index contributed by atoms with van der Waals surface area (Å²) in [4.78, 5) is 22.1. The van der Waals surface area contributed by atoms with Gasteiger partial charge in [0.05, 0.1) is 11.6 Å². The molecule has 0 aromatic heterocycles. The van der Waals surface area contributed by atoms with Crippen molar-refractivity contribution in [3.8, 4) is 5.75 Å². The topological polar surface area (TPSA) is 87.7 Å². The number of carboxylic acids is 1. The number of hydrogen-bond acceptors (Lipinski definition) is 4. The van der Waals surface area contributed by atoms with Gasteiger partial charge < -0.3 is 20.5 Å². The van der Waals surface area contributed by atoms with Crippen LogP contribution in [0.3, 0.4) is 0 Å². The van der Waals surface area contributed by atoms with Crippen molar-refractivity contribution in [2.75, 3.05) is 18.5 Å². The Labute approximate surface area is 109 Å². The minimum Gasteiger partial charge on any atom is -0.482 e. The van der Waals surface area contributed by atoms with Crippen molar-refractivity contribution < 1.29 is 19.4 Å². The zero-order chi connectivity index (χ0) is 13.4. The fourth-order valence-corrected chi connectivity index (χ4v) is 2.49. The highest BCUT2D eigenvalue weighted by Crippen LogP contribution is 2.34. The SMILES string of the molecule is O=C1COc2cc(C3CC(C(=O)O)CN3)ccc2N1. The third-order valence-electron chi connectivity index (χ3n) is 3.52. The van der Waals surface area contributed by atoms with E-state index in [-0.39, 0.29) is 24.5 Å². The summed E-state index contributed by atoms with van der Waals surface area (Å²) < 4.78 is 5.35. The molecule has 6 heteroatoms. The third kappa shape index (κ3) is 2.26. The lowest BCUT2D eigenvalue weighted by Crippen LogP contribution is -2.25. The highest BCUT2D eigenvalue weighted by atomic mass is 16.5. The lowest BCUT2D eigenvalue weighted by Gasteiger charge is -2.20. The first kappa shape index (κ1) is 12.0. The van der Waals surface area contributed by atoms with Gasteiger partial charge in [-0.2, -0.15) is 0 Å². The first-order valence-corrected chi connectivity index (χ1v) is 6.16. The first-order chi connectivity index (χ1) is 9.13. The van der Waals surface area contributed by atoms with Gasteiger partial charge in [-0.3, -0.25) is 9.59 Å². The molecule has 2 heterocycles. The van der Waals surface area contributed by atoms with Gasteiger partial charge in [-0.15, -0.1) is 0 Å². The highest BCUT2D eigenvalue weighted by Gasteiger charge is 2.30. The van der Waals surface area contributed by atoms with E-state index in [2.05, 4.69) is 10.6 Å². The smallest absolute Gasteiger partial charge is 0.307 e. The Hall–Kier alpha value is -2.08. The van der Waals surface area contributed by atoms with Crippen molar-refractivity contribution in [3.05, 3.63) is 23.8 Å². The standard InChI is InChI=1S/C13H14N2O4/c16-12-6-19-11-4-7(1-2-9(11)15-12)10-3-8(5-14-10)13(17)18/h1-2,4,8,10,14H,3,5-6H2,(H,15,16)(H,17,18). The second-order valence-electron chi connectivity index (χ2n) is 4.82. The monoisotopic (exact) mass is 262 g/mol. The van der Waals surface area contributed by atoms with Crippen LogP contribution in [-0.2, 0) is 9.59 Å². The summed E-state index contributed by atoms with van der Waals surface area (Å²) in [6, 6.07) is 5.55. The van der Waals surface area contributed by atoms with E-state index in [4.69, 9.17) is 9.84 Å². The molecule has 1 aromatic carbocycles. The highest BCUT2D eigenvalue weighted by molar-refractivity contribution is 5.95. The summed E-state index contributed by atoms with van der Waals surface area (Å²) in [6.07, 6.45) is 0.570. The van der Waals surface area contributed by atoms with Crippen LogP contribution >= 0.6 is 0 Å². The average molecular weight is 262 g/mol. The predicted octanol–water partition coefficient (Wildman–Crippen LogP) is 0.753. The molecule has 3 N–H and O–H groups in total. The second kappa shape index (κ2) is 4.55. The molecular weight excluding hydrogens is 248 g/mol. The Morgan fingerprint density at radius 1 is 1.42 bits per heavy atom. The summed E-state index contributed by atoms with van der Waals surface area (Å²) in [7, 11) is 0. The molecule has 3 rings (SSSR count). The zero-order valence-electron chi connectivity index (χ0n) is 10.2. The van der Waals surface area contributed by atoms with Crippen molar-refractivity contribution in [1.82, 2.24) is 5.32 Å². The number of benzene rings is 1. The molecule has 100 valence electrons. The summed E-state index contributed by atoms with van der Waals surface area (Å²) in [5, 5.41) is 14.9. The fraction of sp³-hybridized carbons (Fsp3) is 0.385. The van der Waals surface area contributed by atoms with E-state index in [0.717, 1.165) is 5.56 Å². The van der Waals surface area contributed by atoms with Crippen molar-refractivity contribution in [2.24, 2.45) is 5.92 Å². The summed E-state index contributed by atoms with van der Waals surface area (Å²) in [6.45, 7) is 0.501. The maximum atomic E-state index is 11.2. The number of carboxylic acid groups (broad SMARTS) is 1. The summed E-state index contributed by atoms with van der Waals surface area (Å²) in [5.41, 5.74) is 1.64. The zero-order valence-corrected chi connectivity index (χ0v) is 10.2. The summed E-state index contributed by atoms with van der Waals surface area (Å²) in [5.74, 6) is -0.638. The van der Waals surface area contributed by atoms with Crippen LogP contribution in [0.4, 0.5) is 5.69 Å². The van der Waals surface area contributed by atoms with Crippen molar-refractivity contribution in [3.63, 3.8) is 0 Å². The van der Waals surface area contributed by atoms with E-state index < -0.39 is 5.97 Å². The molecule has 0 bridgehead atoms. The van der Waals surface area contributed by atoms with Crippen LogP contribution in [0.5, 0.6) is 5.75 Å². The molecule has 0 saturated carbocycles. The molecule has 2 unspecified atom stereocenters. The normalized spacial score (nSPS) is 25.4. The van der Waals surface area contributed by atoms with E-state index >= 15 is 0 Å². The van der Waals surface area contributed by atoms with Crippen LogP contribution in [0.15, 0.2) is 18.2 Å². The average Bonchev–Trinajstić information content (AvgIpc) is 2.88. The van der Waals surface area contributed by atoms with Crippen molar-refractivity contribution in [2.45, 2.75) is 12.5 Å². The van der Waals surface area contributed by atoms with Gasteiger partial charge in [0.1, 0.15) is 5.75 Å². The molecule has 2 aliphatic rings. The number of carbonyl (C=O) groups excluding carboxylic acids is 1. The molecule has 6 nitrogen and oxygen atoms in total. The number of rotatable bonds is 2. The minimum absolute atomic E-state index is 0.0201. The van der Waals surface area contributed by atoms with Gasteiger partial charge in [0, 0.05) is 12.6 Å². The Balaban J connectivity index is 1.80. The van der Waals surface area contributed by atoms with Crippen LogP contribution in [0.1, 0.15) is 18.0 Å². The Kier molecular flexibility index (Phi) is 2.87. The van der Waals surface area contributed by atoms with Gasteiger partial charge in [0.25, 0.3) is 5.91 Å². The molecule has 1 amide bonds. The lowest BCUT2D eigenvalue weighted by molar-refractivity contribution is -0.141. The number of fused-ring (bicyclic) bond motifs is 1. The number of carbonyl (C=O) groups is 2. The van der Waals surface area contributed by atoms with Gasteiger partial charge in [0.2, 0.25) is 0 Å². The quantitative estimate of drug-likeness (QED) is 0.732. The van der Waals surface area contributed by atoms with E-state index in [1.165, 1.54) is 0 Å². The van der Waals surface area contributed by atoms with Crippen LogP contribution in [-0.4, -0.2) is 30.1 Å². The lowest BCUT2D eigenvalue weighted by atomic mass is 9.99. The number of hydrogen-bond donors (Lipinski definition) is 3. The van der Waals surface area contributed by atoms with Crippen LogP contribution in [0.25, 0.3) is 0 Å². The van der Waals surface area contributed by atoms with Gasteiger partial charge in [-0.25, -0.2) is 0 Å². The van der Waals surface area contributed by atoms with E-state index in [1.807, 2.05) is 12.1 Å². The number of aliphatic carboxylic acids is 1. The maximum absolute atomic E-state index is 11.2. The van der Waals surface area contributed by atoms with Crippen molar-refractivity contribution >= 4 is 17.6 Å². The number of amides is 1. The molecule has 0 spiro atoms. The predicted molar refractivity (Wildman–Crippen MR) is 67.1 cm³/mol. The van der Waals surface area contributed by atoms with E-state index in [9.17, 15) is 9.59 Å².